The third-order valence-corrected chi connectivity index (χ3v) is 4.34. The third kappa shape index (κ3) is 4.86. The van der Waals surface area contributed by atoms with Gasteiger partial charge in [-0.1, -0.05) is 12.8 Å². The van der Waals surface area contributed by atoms with Crippen LogP contribution in [0.15, 0.2) is 0 Å². The average molecular weight is 299 g/mol. The van der Waals surface area contributed by atoms with Crippen LogP contribution in [0.25, 0.3) is 0 Å². The lowest BCUT2D eigenvalue weighted by atomic mass is 9.93. The lowest BCUT2D eigenvalue weighted by Gasteiger charge is -2.36. The summed E-state index contributed by atoms with van der Waals surface area (Å²) in [5.74, 6) is -0.790. The lowest BCUT2D eigenvalue weighted by Crippen LogP contribution is -2.55. The minimum Gasteiger partial charge on any atom is -0.481 e. The van der Waals surface area contributed by atoms with E-state index in [1.807, 2.05) is 0 Å². The zero-order valence-electron chi connectivity index (χ0n) is 12.3. The SMILES string of the molecule is O=C(O)CCN1CCN(C(=O)NC2CCCCC2O)CC1. The highest BCUT2D eigenvalue weighted by Crippen LogP contribution is 2.18. The van der Waals surface area contributed by atoms with Crippen LogP contribution in [0.4, 0.5) is 4.79 Å². The molecule has 2 rings (SSSR count). The number of carbonyl (C=O) groups is 2. The number of amides is 2. The van der Waals surface area contributed by atoms with Crippen molar-refractivity contribution >= 4 is 12.0 Å². The van der Waals surface area contributed by atoms with E-state index in [1.165, 1.54) is 0 Å². The molecule has 120 valence electrons. The standard InChI is InChI=1S/C14H25N3O4/c18-12-4-2-1-3-11(12)15-14(21)17-9-7-16(8-10-17)6-5-13(19)20/h11-12,18H,1-10H2,(H,15,21)(H,19,20). The van der Waals surface area contributed by atoms with E-state index in [4.69, 9.17) is 5.11 Å². The number of hydrogen-bond donors (Lipinski definition) is 3. The third-order valence-electron chi connectivity index (χ3n) is 4.34. The molecule has 21 heavy (non-hydrogen) atoms. The van der Waals surface area contributed by atoms with Crippen molar-refractivity contribution in [3.05, 3.63) is 0 Å². The number of aliphatic hydroxyl groups excluding tert-OH is 1. The zero-order valence-corrected chi connectivity index (χ0v) is 12.3. The highest BCUT2D eigenvalue weighted by molar-refractivity contribution is 5.74. The number of nitrogens with one attached hydrogen (secondary N) is 1. The summed E-state index contributed by atoms with van der Waals surface area (Å²) in [6.45, 7) is 3.15. The number of carbonyl (C=O) groups excluding carboxylic acids is 1. The van der Waals surface area contributed by atoms with E-state index in [0.29, 0.717) is 32.7 Å². The number of carboxylic acids is 1. The van der Waals surface area contributed by atoms with Gasteiger partial charge in [-0.2, -0.15) is 0 Å². The molecule has 0 aromatic carbocycles. The van der Waals surface area contributed by atoms with Crippen LogP contribution >= 0.6 is 0 Å². The van der Waals surface area contributed by atoms with E-state index in [-0.39, 0.29) is 18.5 Å². The molecule has 0 aromatic heterocycles. The van der Waals surface area contributed by atoms with Crippen molar-refractivity contribution in [2.24, 2.45) is 0 Å². The highest BCUT2D eigenvalue weighted by Gasteiger charge is 2.27. The summed E-state index contributed by atoms with van der Waals surface area (Å²) in [4.78, 5) is 26.5. The summed E-state index contributed by atoms with van der Waals surface area (Å²) in [7, 11) is 0. The first-order valence-corrected chi connectivity index (χ1v) is 7.74. The van der Waals surface area contributed by atoms with E-state index in [1.54, 1.807) is 4.90 Å². The van der Waals surface area contributed by atoms with Crippen LogP contribution in [0.1, 0.15) is 32.1 Å². The fourth-order valence-corrected chi connectivity index (χ4v) is 2.96. The van der Waals surface area contributed by atoms with Crippen LogP contribution in [0, 0.1) is 0 Å². The second-order valence-corrected chi connectivity index (χ2v) is 5.88. The Balaban J connectivity index is 1.71. The van der Waals surface area contributed by atoms with Gasteiger partial charge < -0.3 is 20.4 Å². The Morgan fingerprint density at radius 1 is 1.10 bits per heavy atom. The molecular formula is C14H25N3O4. The fraction of sp³-hybridized carbons (Fsp3) is 0.857. The summed E-state index contributed by atoms with van der Waals surface area (Å²) < 4.78 is 0. The molecular weight excluding hydrogens is 274 g/mol. The van der Waals surface area contributed by atoms with Gasteiger partial charge in [0.2, 0.25) is 0 Å². The number of aliphatic carboxylic acids is 1. The Kier molecular flexibility index (Phi) is 5.81. The average Bonchev–Trinajstić information content (AvgIpc) is 2.48. The molecule has 7 heteroatoms. The van der Waals surface area contributed by atoms with Gasteiger partial charge >= 0.3 is 12.0 Å². The van der Waals surface area contributed by atoms with Gasteiger partial charge in [0.1, 0.15) is 0 Å². The molecule has 2 unspecified atom stereocenters. The Hall–Kier alpha value is -1.34. The van der Waals surface area contributed by atoms with Gasteiger partial charge in [0.05, 0.1) is 18.6 Å². The maximum Gasteiger partial charge on any atom is 0.317 e. The predicted octanol–water partition coefficient (Wildman–Crippen LogP) is 0.0918. The van der Waals surface area contributed by atoms with Crippen LogP contribution < -0.4 is 5.32 Å². The van der Waals surface area contributed by atoms with E-state index in [9.17, 15) is 14.7 Å². The normalized spacial score (nSPS) is 27.4. The van der Waals surface area contributed by atoms with Gasteiger partial charge in [0, 0.05) is 32.7 Å². The number of piperazine rings is 1. The quantitative estimate of drug-likeness (QED) is 0.684. The van der Waals surface area contributed by atoms with Crippen molar-refractivity contribution in [3.8, 4) is 0 Å². The highest BCUT2D eigenvalue weighted by atomic mass is 16.4. The monoisotopic (exact) mass is 299 g/mol. The second kappa shape index (κ2) is 7.61. The van der Waals surface area contributed by atoms with E-state index >= 15 is 0 Å². The molecule has 2 aliphatic rings. The summed E-state index contributed by atoms with van der Waals surface area (Å²) >= 11 is 0. The Morgan fingerprint density at radius 3 is 2.38 bits per heavy atom. The van der Waals surface area contributed by atoms with Crippen LogP contribution in [-0.4, -0.2) is 76.9 Å². The Morgan fingerprint density at radius 2 is 1.76 bits per heavy atom. The number of rotatable bonds is 4. The van der Waals surface area contributed by atoms with Crippen molar-refractivity contribution in [1.29, 1.82) is 0 Å². The van der Waals surface area contributed by atoms with Crippen molar-refractivity contribution in [1.82, 2.24) is 15.1 Å². The number of urea groups is 1. The van der Waals surface area contributed by atoms with Gasteiger partial charge in [-0.05, 0) is 12.8 Å². The van der Waals surface area contributed by atoms with Crippen LogP contribution in [-0.2, 0) is 4.79 Å². The Labute approximate surface area is 124 Å². The number of nitrogens with zero attached hydrogens (tertiary/aromatic N) is 2. The van der Waals surface area contributed by atoms with Gasteiger partial charge in [0.25, 0.3) is 0 Å². The minimum absolute atomic E-state index is 0.112. The van der Waals surface area contributed by atoms with E-state index < -0.39 is 12.1 Å². The first-order valence-electron chi connectivity index (χ1n) is 7.74. The summed E-state index contributed by atoms with van der Waals surface area (Å²) in [6, 6.07) is -0.241. The van der Waals surface area contributed by atoms with Crippen molar-refractivity contribution in [2.75, 3.05) is 32.7 Å². The minimum atomic E-state index is -0.790. The molecule has 0 aromatic rings. The number of carboxylic acid groups (broad SMARTS) is 1. The predicted molar refractivity (Wildman–Crippen MR) is 77.1 cm³/mol. The van der Waals surface area contributed by atoms with Crippen molar-refractivity contribution in [3.63, 3.8) is 0 Å². The lowest BCUT2D eigenvalue weighted by molar-refractivity contribution is -0.137. The first-order chi connectivity index (χ1) is 10.1. The molecule has 2 fully saturated rings. The fourth-order valence-electron chi connectivity index (χ4n) is 2.96. The van der Waals surface area contributed by atoms with Gasteiger partial charge in [-0.3, -0.25) is 9.69 Å². The van der Waals surface area contributed by atoms with Gasteiger partial charge in [-0.15, -0.1) is 0 Å². The zero-order chi connectivity index (χ0) is 15.2. The van der Waals surface area contributed by atoms with Crippen LogP contribution in [0.3, 0.4) is 0 Å². The van der Waals surface area contributed by atoms with Crippen LogP contribution in [0.2, 0.25) is 0 Å². The van der Waals surface area contributed by atoms with Crippen molar-refractivity contribution < 1.29 is 19.8 Å². The maximum absolute atomic E-state index is 12.2. The second-order valence-electron chi connectivity index (χ2n) is 5.88. The topological polar surface area (TPSA) is 93.1 Å². The van der Waals surface area contributed by atoms with Crippen LogP contribution in [0.5, 0.6) is 0 Å². The summed E-state index contributed by atoms with van der Waals surface area (Å²) in [6.07, 6.45) is 3.38. The molecule has 0 spiro atoms. The molecule has 3 N–H and O–H groups in total. The molecule has 1 saturated heterocycles. The molecule has 2 amide bonds. The van der Waals surface area contributed by atoms with Gasteiger partial charge in [-0.25, -0.2) is 4.79 Å². The molecule has 0 radical (unpaired) electrons. The molecule has 1 aliphatic carbocycles. The van der Waals surface area contributed by atoms with Gasteiger partial charge in [0.15, 0.2) is 0 Å². The molecule has 1 heterocycles. The number of aliphatic hydroxyl groups is 1. The van der Waals surface area contributed by atoms with E-state index in [0.717, 1.165) is 25.7 Å². The molecule has 1 aliphatic heterocycles. The Bertz CT molecular complexity index is 369. The maximum atomic E-state index is 12.2. The summed E-state index contributed by atoms with van der Waals surface area (Å²) in [5, 5.41) is 21.5. The smallest absolute Gasteiger partial charge is 0.317 e. The number of hydrogen-bond acceptors (Lipinski definition) is 4. The largest absolute Gasteiger partial charge is 0.481 e. The molecule has 0 bridgehead atoms. The molecule has 2 atom stereocenters. The molecule has 1 saturated carbocycles. The first kappa shape index (κ1) is 16.0. The van der Waals surface area contributed by atoms with E-state index in [2.05, 4.69) is 10.2 Å². The van der Waals surface area contributed by atoms with Crippen molar-refractivity contribution in [2.45, 2.75) is 44.2 Å². The molecule has 7 nitrogen and oxygen atoms in total. The summed E-state index contributed by atoms with van der Waals surface area (Å²) in [5.41, 5.74) is 0.